The van der Waals surface area contributed by atoms with Crippen molar-refractivity contribution < 1.29 is 9.84 Å². The smallest absolute Gasteiger partial charge is 0.139 e. The Bertz CT molecular complexity index is 515. The minimum atomic E-state index is -0.471. The van der Waals surface area contributed by atoms with Crippen molar-refractivity contribution in [2.24, 2.45) is 5.92 Å². The normalized spacial score (nSPS) is 26.6. The Morgan fingerprint density at radius 2 is 1.90 bits per heavy atom. The second-order valence-electron chi connectivity index (χ2n) is 5.55. The van der Waals surface area contributed by atoms with Gasteiger partial charge in [-0.2, -0.15) is 0 Å². The fourth-order valence-electron chi connectivity index (χ4n) is 3.29. The molecule has 0 bridgehead atoms. The third-order valence-electron chi connectivity index (χ3n) is 4.38. The second-order valence-corrected chi connectivity index (χ2v) is 7.49. The van der Waals surface area contributed by atoms with E-state index in [0.29, 0.717) is 21.7 Å². The number of hydrogen-bond acceptors (Lipinski definition) is 3. The van der Waals surface area contributed by atoms with Gasteiger partial charge in [0, 0.05) is 15.7 Å². The number of rotatable bonds is 2. The molecule has 1 saturated carbocycles. The van der Waals surface area contributed by atoms with Crippen LogP contribution in [-0.2, 0) is 0 Å². The largest absolute Gasteiger partial charge is 0.495 e. The van der Waals surface area contributed by atoms with Gasteiger partial charge in [-0.25, -0.2) is 0 Å². The van der Waals surface area contributed by atoms with Gasteiger partial charge in [0.05, 0.1) is 18.2 Å². The predicted octanol–water partition coefficient (Wildman–Crippen LogP) is 5.09. The highest BCUT2D eigenvalue weighted by atomic mass is 35.5. The van der Waals surface area contributed by atoms with Gasteiger partial charge in [0.25, 0.3) is 0 Å². The summed E-state index contributed by atoms with van der Waals surface area (Å²) in [4.78, 5) is 0.931. The molecule has 2 aliphatic rings. The highest BCUT2D eigenvalue weighted by molar-refractivity contribution is 8.00. The molecule has 20 heavy (non-hydrogen) atoms. The molecule has 3 rings (SSSR count). The lowest BCUT2D eigenvalue weighted by Crippen LogP contribution is -2.23. The number of methoxy groups -OCH3 is 1. The zero-order chi connectivity index (χ0) is 14.3. The van der Waals surface area contributed by atoms with Crippen LogP contribution in [0.25, 0.3) is 0 Å². The van der Waals surface area contributed by atoms with Crippen LogP contribution in [0.2, 0.25) is 10.0 Å². The Balaban J connectivity index is 1.93. The van der Waals surface area contributed by atoms with Gasteiger partial charge < -0.3 is 9.84 Å². The number of halogens is 2. The van der Waals surface area contributed by atoms with Crippen molar-refractivity contribution in [3.63, 3.8) is 0 Å². The molecule has 1 N–H and O–H groups in total. The van der Waals surface area contributed by atoms with Crippen molar-refractivity contribution in [3.05, 3.63) is 21.7 Å². The minimum absolute atomic E-state index is 0.200. The highest BCUT2D eigenvalue weighted by Crippen LogP contribution is 2.55. The maximum absolute atomic E-state index is 10.7. The number of aliphatic hydroxyl groups is 1. The van der Waals surface area contributed by atoms with Crippen molar-refractivity contribution in [1.29, 1.82) is 0 Å². The molecule has 5 heteroatoms. The third kappa shape index (κ3) is 2.43. The number of fused-ring (bicyclic) bond motifs is 1. The van der Waals surface area contributed by atoms with Crippen LogP contribution in [-0.4, -0.2) is 17.5 Å². The van der Waals surface area contributed by atoms with Crippen LogP contribution in [0.5, 0.6) is 5.75 Å². The molecule has 1 aromatic rings. The average Bonchev–Trinajstić information content (AvgIpc) is 2.81. The SMILES string of the molecule is COc1cc2c(c(Cl)c1Cl)SC(C1CCCCC1)C2O. The Morgan fingerprint density at radius 1 is 1.20 bits per heavy atom. The molecule has 0 amide bonds. The molecule has 1 aliphatic heterocycles. The summed E-state index contributed by atoms with van der Waals surface area (Å²) < 4.78 is 5.24. The van der Waals surface area contributed by atoms with E-state index < -0.39 is 6.10 Å². The number of aliphatic hydroxyl groups excluding tert-OH is 1. The predicted molar refractivity (Wildman–Crippen MR) is 84.2 cm³/mol. The van der Waals surface area contributed by atoms with Crippen molar-refractivity contribution in [2.75, 3.05) is 7.11 Å². The van der Waals surface area contributed by atoms with Gasteiger partial charge in [0.15, 0.2) is 0 Å². The maximum Gasteiger partial charge on any atom is 0.139 e. The van der Waals surface area contributed by atoms with Gasteiger partial charge in [-0.15, -0.1) is 11.8 Å². The Labute approximate surface area is 133 Å². The topological polar surface area (TPSA) is 29.5 Å². The van der Waals surface area contributed by atoms with Crippen LogP contribution in [0.3, 0.4) is 0 Å². The first kappa shape index (κ1) is 14.8. The van der Waals surface area contributed by atoms with Crippen molar-refractivity contribution >= 4 is 35.0 Å². The first-order chi connectivity index (χ1) is 9.63. The lowest BCUT2D eigenvalue weighted by atomic mass is 9.84. The molecule has 0 radical (unpaired) electrons. The second kappa shape index (κ2) is 5.96. The van der Waals surface area contributed by atoms with Gasteiger partial charge in [-0.1, -0.05) is 42.5 Å². The Hall–Kier alpha value is -0.0900. The van der Waals surface area contributed by atoms with Crippen LogP contribution in [0, 0.1) is 5.92 Å². The minimum Gasteiger partial charge on any atom is -0.495 e. The summed E-state index contributed by atoms with van der Waals surface area (Å²) in [6.07, 6.45) is 5.78. The molecule has 0 aromatic heterocycles. The third-order valence-corrected chi connectivity index (χ3v) is 6.93. The lowest BCUT2D eigenvalue weighted by Gasteiger charge is -2.28. The van der Waals surface area contributed by atoms with Gasteiger partial charge in [-0.3, -0.25) is 0 Å². The van der Waals surface area contributed by atoms with Crippen LogP contribution in [0.15, 0.2) is 11.0 Å². The average molecular weight is 333 g/mol. The van der Waals surface area contributed by atoms with Crippen molar-refractivity contribution in [2.45, 2.75) is 48.4 Å². The van der Waals surface area contributed by atoms with E-state index in [1.165, 1.54) is 32.1 Å². The summed E-state index contributed by atoms with van der Waals surface area (Å²) >= 11 is 14.2. The summed E-state index contributed by atoms with van der Waals surface area (Å²) in [6, 6.07) is 1.84. The van der Waals surface area contributed by atoms with E-state index in [1.807, 2.05) is 6.07 Å². The van der Waals surface area contributed by atoms with Crippen LogP contribution >= 0.6 is 35.0 Å². The monoisotopic (exact) mass is 332 g/mol. The molecular weight excluding hydrogens is 315 g/mol. The fourth-order valence-corrected chi connectivity index (χ4v) is 5.44. The maximum atomic E-state index is 10.7. The summed E-state index contributed by atoms with van der Waals surface area (Å²) in [6.45, 7) is 0. The van der Waals surface area contributed by atoms with Crippen LogP contribution in [0.1, 0.15) is 43.8 Å². The number of benzene rings is 1. The molecular formula is C15H18Cl2O2S. The Kier molecular flexibility index (Phi) is 4.42. The zero-order valence-corrected chi connectivity index (χ0v) is 13.7. The molecule has 0 spiro atoms. The standard InChI is InChI=1S/C15H18Cl2O2S/c1-19-10-7-9-13(18)14(8-5-3-2-4-6-8)20-15(9)12(17)11(10)16/h7-8,13-14,18H,2-6H2,1H3. The molecule has 2 nitrogen and oxygen atoms in total. The summed E-state index contributed by atoms with van der Waals surface area (Å²) in [5, 5.41) is 11.8. The van der Waals surface area contributed by atoms with Crippen LogP contribution in [0.4, 0.5) is 0 Å². The van der Waals surface area contributed by atoms with Gasteiger partial charge in [0.2, 0.25) is 0 Å². The molecule has 2 atom stereocenters. The van der Waals surface area contributed by atoms with E-state index in [-0.39, 0.29) is 5.25 Å². The Morgan fingerprint density at radius 3 is 2.55 bits per heavy atom. The summed E-state index contributed by atoms with van der Waals surface area (Å²) in [5.74, 6) is 1.11. The van der Waals surface area contributed by atoms with Crippen LogP contribution < -0.4 is 4.74 Å². The first-order valence-corrected chi connectivity index (χ1v) is 8.67. The number of hydrogen-bond donors (Lipinski definition) is 1. The quantitative estimate of drug-likeness (QED) is 0.817. The molecule has 0 saturated heterocycles. The number of thioether (sulfide) groups is 1. The van der Waals surface area contributed by atoms with Gasteiger partial charge >= 0.3 is 0 Å². The number of ether oxygens (including phenoxy) is 1. The van der Waals surface area contributed by atoms with Gasteiger partial charge in [-0.05, 0) is 24.8 Å². The molecule has 1 aromatic carbocycles. The van der Waals surface area contributed by atoms with E-state index in [4.69, 9.17) is 27.9 Å². The van der Waals surface area contributed by atoms with Crippen molar-refractivity contribution in [1.82, 2.24) is 0 Å². The fraction of sp³-hybridized carbons (Fsp3) is 0.600. The summed E-state index contributed by atoms with van der Waals surface area (Å²) in [7, 11) is 1.57. The highest BCUT2D eigenvalue weighted by Gasteiger charge is 2.40. The summed E-state index contributed by atoms with van der Waals surface area (Å²) in [5.41, 5.74) is 0.872. The molecule has 1 heterocycles. The molecule has 1 fully saturated rings. The zero-order valence-electron chi connectivity index (χ0n) is 11.4. The van der Waals surface area contributed by atoms with Crippen molar-refractivity contribution in [3.8, 4) is 5.75 Å². The van der Waals surface area contributed by atoms with E-state index >= 15 is 0 Å². The first-order valence-electron chi connectivity index (χ1n) is 7.04. The van der Waals surface area contributed by atoms with E-state index in [0.717, 1.165) is 10.5 Å². The van der Waals surface area contributed by atoms with E-state index in [9.17, 15) is 5.11 Å². The molecule has 1 aliphatic carbocycles. The molecule has 110 valence electrons. The lowest BCUT2D eigenvalue weighted by molar-refractivity contribution is 0.142. The molecule has 2 unspecified atom stereocenters. The van der Waals surface area contributed by atoms with E-state index in [1.54, 1.807) is 18.9 Å². The van der Waals surface area contributed by atoms with Gasteiger partial charge in [0.1, 0.15) is 10.8 Å². The van der Waals surface area contributed by atoms with E-state index in [2.05, 4.69) is 0 Å².